The predicted molar refractivity (Wildman–Crippen MR) is 94.5 cm³/mol. The van der Waals surface area contributed by atoms with Gasteiger partial charge >= 0.3 is 5.82 Å². The van der Waals surface area contributed by atoms with Crippen LogP contribution in [0.3, 0.4) is 0 Å². The molecule has 0 spiro atoms. The highest BCUT2D eigenvalue weighted by atomic mass is 16.6. The number of rotatable bonds is 9. The summed E-state index contributed by atoms with van der Waals surface area (Å²) in [6, 6.07) is 5.60. The number of benzene rings is 1. The number of amides is 1. The molecule has 0 aliphatic rings. The van der Waals surface area contributed by atoms with E-state index in [1.54, 1.807) is 25.7 Å². The van der Waals surface area contributed by atoms with E-state index in [2.05, 4.69) is 10.3 Å². The van der Waals surface area contributed by atoms with Crippen molar-refractivity contribution in [1.29, 1.82) is 0 Å². The Hall–Kier alpha value is -3.10. The lowest BCUT2D eigenvalue weighted by Gasteiger charge is -2.13. The van der Waals surface area contributed by atoms with Crippen molar-refractivity contribution in [3.05, 3.63) is 45.9 Å². The molecule has 26 heavy (non-hydrogen) atoms. The minimum absolute atomic E-state index is 0.136. The number of para-hydroxylation sites is 1. The average molecular weight is 362 g/mol. The summed E-state index contributed by atoms with van der Waals surface area (Å²) in [7, 11) is 3.15. The molecule has 0 aliphatic carbocycles. The van der Waals surface area contributed by atoms with Gasteiger partial charge in [0.2, 0.25) is 11.7 Å². The van der Waals surface area contributed by atoms with Gasteiger partial charge in [-0.05, 0) is 28.0 Å². The number of imidazole rings is 1. The van der Waals surface area contributed by atoms with Crippen molar-refractivity contribution < 1.29 is 19.2 Å². The van der Waals surface area contributed by atoms with Gasteiger partial charge in [0.15, 0.2) is 11.5 Å². The third-order valence-corrected chi connectivity index (χ3v) is 3.93. The molecule has 0 unspecified atom stereocenters. The van der Waals surface area contributed by atoms with Gasteiger partial charge in [0.25, 0.3) is 0 Å². The fraction of sp³-hybridized carbons (Fsp3) is 0.412. The van der Waals surface area contributed by atoms with Crippen LogP contribution in [0.4, 0.5) is 5.82 Å². The summed E-state index contributed by atoms with van der Waals surface area (Å²) < 4.78 is 12.2. The van der Waals surface area contributed by atoms with Crippen molar-refractivity contribution >= 4 is 11.7 Å². The quantitative estimate of drug-likeness (QED) is 0.539. The molecule has 0 radical (unpaired) electrons. The van der Waals surface area contributed by atoms with Gasteiger partial charge in [-0.2, -0.15) is 0 Å². The number of nitro groups is 1. The Morgan fingerprint density at radius 3 is 2.73 bits per heavy atom. The van der Waals surface area contributed by atoms with E-state index in [1.165, 1.54) is 6.20 Å². The highest BCUT2D eigenvalue weighted by molar-refractivity contribution is 5.75. The van der Waals surface area contributed by atoms with E-state index >= 15 is 0 Å². The molecule has 0 saturated heterocycles. The second kappa shape index (κ2) is 8.84. The van der Waals surface area contributed by atoms with Crippen LogP contribution in [0, 0.1) is 17.0 Å². The van der Waals surface area contributed by atoms with E-state index in [-0.39, 0.29) is 18.1 Å². The summed E-state index contributed by atoms with van der Waals surface area (Å²) in [5, 5.41) is 13.5. The summed E-state index contributed by atoms with van der Waals surface area (Å²) in [6.45, 7) is 2.45. The van der Waals surface area contributed by atoms with Crippen LogP contribution in [0.2, 0.25) is 0 Å². The van der Waals surface area contributed by atoms with Gasteiger partial charge < -0.3 is 29.5 Å². The zero-order chi connectivity index (χ0) is 19.1. The van der Waals surface area contributed by atoms with Crippen molar-refractivity contribution in [3.63, 3.8) is 0 Å². The number of ether oxygens (including phenoxy) is 2. The maximum absolute atomic E-state index is 12.0. The van der Waals surface area contributed by atoms with Crippen LogP contribution in [0.5, 0.6) is 11.5 Å². The molecule has 2 aromatic rings. The molecule has 9 heteroatoms. The second-order valence-electron chi connectivity index (χ2n) is 5.60. The number of carbonyl (C=O) groups excluding carboxylic acids is 1. The first-order valence-electron chi connectivity index (χ1n) is 8.11. The lowest BCUT2D eigenvalue weighted by molar-refractivity contribution is -0.389. The number of aryl methyl sites for hydroxylation is 2. The highest BCUT2D eigenvalue weighted by Crippen LogP contribution is 2.30. The van der Waals surface area contributed by atoms with Gasteiger partial charge in [-0.3, -0.25) is 4.79 Å². The minimum Gasteiger partial charge on any atom is -0.493 e. The number of aromatic nitrogens is 2. The fourth-order valence-electron chi connectivity index (χ4n) is 2.60. The normalized spacial score (nSPS) is 10.4. The molecule has 0 saturated carbocycles. The van der Waals surface area contributed by atoms with Gasteiger partial charge in [-0.1, -0.05) is 12.1 Å². The molecule has 0 fully saturated rings. The largest absolute Gasteiger partial charge is 0.493 e. The first-order chi connectivity index (χ1) is 12.5. The topological polar surface area (TPSA) is 109 Å². The maximum Gasteiger partial charge on any atom is 0.381 e. The van der Waals surface area contributed by atoms with Crippen molar-refractivity contribution in [3.8, 4) is 11.5 Å². The summed E-state index contributed by atoms with van der Waals surface area (Å²) in [5.74, 6) is 1.46. The number of carbonyl (C=O) groups is 1. The van der Waals surface area contributed by atoms with E-state index in [0.717, 1.165) is 5.56 Å². The van der Waals surface area contributed by atoms with E-state index in [1.807, 2.05) is 18.2 Å². The van der Waals surface area contributed by atoms with Crippen LogP contribution in [0.25, 0.3) is 0 Å². The Morgan fingerprint density at radius 1 is 1.35 bits per heavy atom. The molecule has 140 valence electrons. The van der Waals surface area contributed by atoms with Gasteiger partial charge in [0, 0.05) is 26.4 Å². The van der Waals surface area contributed by atoms with E-state index in [9.17, 15) is 14.9 Å². The van der Waals surface area contributed by atoms with Crippen LogP contribution >= 0.6 is 0 Å². The van der Waals surface area contributed by atoms with Gasteiger partial charge in [0.1, 0.15) is 6.20 Å². The zero-order valence-corrected chi connectivity index (χ0v) is 15.0. The number of hydrogen-bond acceptors (Lipinski definition) is 6. The minimum atomic E-state index is -0.551. The smallest absolute Gasteiger partial charge is 0.381 e. The van der Waals surface area contributed by atoms with Crippen LogP contribution in [0.1, 0.15) is 17.8 Å². The molecule has 0 bridgehead atoms. The third kappa shape index (κ3) is 4.71. The van der Waals surface area contributed by atoms with Crippen molar-refractivity contribution in [2.45, 2.75) is 26.3 Å². The van der Waals surface area contributed by atoms with Crippen LogP contribution in [-0.4, -0.2) is 41.1 Å². The van der Waals surface area contributed by atoms with E-state index < -0.39 is 4.92 Å². The summed E-state index contributed by atoms with van der Waals surface area (Å²) in [4.78, 5) is 26.0. The van der Waals surface area contributed by atoms with Crippen molar-refractivity contribution in [1.82, 2.24) is 14.9 Å². The Balaban J connectivity index is 1.84. The molecule has 0 aliphatic heterocycles. The number of nitrogens with one attached hydrogen (secondary N) is 1. The van der Waals surface area contributed by atoms with Crippen molar-refractivity contribution in [2.24, 2.45) is 0 Å². The summed E-state index contributed by atoms with van der Waals surface area (Å²) in [6.07, 6.45) is 2.15. The molecule has 1 amide bonds. The van der Waals surface area contributed by atoms with Crippen molar-refractivity contribution in [2.75, 3.05) is 20.8 Å². The van der Waals surface area contributed by atoms with Gasteiger partial charge in [-0.15, -0.1) is 0 Å². The molecular weight excluding hydrogens is 340 g/mol. The Labute approximate surface area is 151 Å². The Bertz CT molecular complexity index is 787. The molecule has 1 aromatic carbocycles. The monoisotopic (exact) mass is 362 g/mol. The number of hydrogen-bond donors (Lipinski definition) is 1. The molecule has 0 atom stereocenters. The molecule has 1 heterocycles. The summed E-state index contributed by atoms with van der Waals surface area (Å²) >= 11 is 0. The zero-order valence-electron chi connectivity index (χ0n) is 15.0. The van der Waals surface area contributed by atoms with Crippen LogP contribution in [0.15, 0.2) is 24.4 Å². The number of methoxy groups -OCH3 is 2. The standard InChI is InChI=1S/C17H22N4O5/c1-12-19-15(21(23)24)11-20(12)10-8-16(22)18-9-7-13-5-4-6-14(25-2)17(13)26-3/h4-6,11H,7-10H2,1-3H3,(H,18,22). The molecule has 1 N–H and O–H groups in total. The number of nitrogens with zero attached hydrogens (tertiary/aromatic N) is 3. The van der Waals surface area contributed by atoms with E-state index in [4.69, 9.17) is 9.47 Å². The molecule has 2 rings (SSSR count). The summed E-state index contributed by atoms with van der Waals surface area (Å²) in [5.41, 5.74) is 0.938. The van der Waals surface area contributed by atoms with Gasteiger partial charge in [0.05, 0.1) is 14.2 Å². The van der Waals surface area contributed by atoms with Crippen LogP contribution < -0.4 is 14.8 Å². The lowest BCUT2D eigenvalue weighted by atomic mass is 10.1. The SMILES string of the molecule is COc1cccc(CCNC(=O)CCn2cc([N+](=O)[O-])nc2C)c1OC. The lowest BCUT2D eigenvalue weighted by Crippen LogP contribution is -2.26. The predicted octanol–water partition coefficient (Wildman–Crippen LogP) is 1.87. The van der Waals surface area contributed by atoms with Gasteiger partial charge in [-0.25, -0.2) is 0 Å². The third-order valence-electron chi connectivity index (χ3n) is 3.93. The highest BCUT2D eigenvalue weighted by Gasteiger charge is 2.15. The second-order valence-corrected chi connectivity index (χ2v) is 5.60. The first-order valence-corrected chi connectivity index (χ1v) is 8.11. The molecular formula is C17H22N4O5. The fourth-order valence-corrected chi connectivity index (χ4v) is 2.60. The average Bonchev–Trinajstić information content (AvgIpc) is 3.00. The Morgan fingerprint density at radius 2 is 2.12 bits per heavy atom. The first kappa shape index (κ1) is 19.2. The molecule has 1 aromatic heterocycles. The Kier molecular flexibility index (Phi) is 6.54. The maximum atomic E-state index is 12.0. The molecule has 9 nitrogen and oxygen atoms in total. The van der Waals surface area contributed by atoms with Crippen LogP contribution in [-0.2, 0) is 17.8 Å². The van der Waals surface area contributed by atoms with E-state index in [0.29, 0.717) is 36.8 Å².